The molecule has 3 rings (SSSR count). The molecule has 2 aromatic rings. The predicted molar refractivity (Wildman–Crippen MR) is 120 cm³/mol. The number of ether oxygens (including phenoxy) is 2. The smallest absolute Gasteiger partial charge is 0.220 e. The minimum Gasteiger partial charge on any atom is -0.492 e. The summed E-state index contributed by atoms with van der Waals surface area (Å²) >= 11 is 6.15. The molecule has 0 radical (unpaired) electrons. The van der Waals surface area contributed by atoms with Crippen LogP contribution in [0.3, 0.4) is 0 Å². The Morgan fingerprint density at radius 2 is 2.00 bits per heavy atom. The zero-order valence-electron chi connectivity index (χ0n) is 17.6. The van der Waals surface area contributed by atoms with E-state index in [0.29, 0.717) is 37.1 Å². The van der Waals surface area contributed by atoms with E-state index in [4.69, 9.17) is 21.1 Å². The van der Waals surface area contributed by atoms with Gasteiger partial charge in [-0.25, -0.2) is 0 Å². The molecule has 162 valence electrons. The number of nitrogens with one attached hydrogen (secondary N) is 1. The van der Waals surface area contributed by atoms with E-state index in [9.17, 15) is 4.79 Å². The van der Waals surface area contributed by atoms with Crippen LogP contribution in [0.1, 0.15) is 30.4 Å². The number of likely N-dealkylation sites (N-methyl/N-ethyl adjacent to an activating group) is 1. The largest absolute Gasteiger partial charge is 0.492 e. The average Bonchev–Trinajstić information content (AvgIpc) is 2.78. The lowest BCUT2D eigenvalue weighted by atomic mass is 10.1. The second-order valence-corrected chi connectivity index (χ2v) is 8.10. The van der Waals surface area contributed by atoms with Gasteiger partial charge in [-0.1, -0.05) is 41.9 Å². The van der Waals surface area contributed by atoms with Crippen molar-refractivity contribution < 1.29 is 14.3 Å². The Bertz CT molecular complexity index is 809. The van der Waals surface area contributed by atoms with E-state index in [0.717, 1.165) is 49.5 Å². The molecule has 1 aliphatic rings. The molecule has 0 aliphatic carbocycles. The number of amides is 1. The van der Waals surface area contributed by atoms with Crippen molar-refractivity contribution in [1.29, 1.82) is 0 Å². The van der Waals surface area contributed by atoms with Gasteiger partial charge in [-0.2, -0.15) is 0 Å². The highest BCUT2D eigenvalue weighted by molar-refractivity contribution is 6.31. The number of hydrogen-bond donors (Lipinski definition) is 1. The second-order valence-electron chi connectivity index (χ2n) is 7.69. The van der Waals surface area contributed by atoms with Gasteiger partial charge in [-0.15, -0.1) is 0 Å². The van der Waals surface area contributed by atoms with Gasteiger partial charge in [0.25, 0.3) is 0 Å². The summed E-state index contributed by atoms with van der Waals surface area (Å²) in [6.45, 7) is 3.71. The monoisotopic (exact) mass is 430 g/mol. The minimum absolute atomic E-state index is 0.0133. The Kier molecular flexibility index (Phi) is 9.00. The first-order valence-electron chi connectivity index (χ1n) is 10.6. The molecule has 30 heavy (non-hydrogen) atoms. The Morgan fingerprint density at radius 1 is 1.20 bits per heavy atom. The summed E-state index contributed by atoms with van der Waals surface area (Å²) < 4.78 is 11.4. The summed E-state index contributed by atoms with van der Waals surface area (Å²) in [5.41, 5.74) is 2.02. The van der Waals surface area contributed by atoms with Gasteiger partial charge in [0.1, 0.15) is 12.4 Å². The van der Waals surface area contributed by atoms with Gasteiger partial charge in [0.05, 0.1) is 0 Å². The molecule has 1 fully saturated rings. The van der Waals surface area contributed by atoms with Crippen LogP contribution in [0.15, 0.2) is 48.5 Å². The highest BCUT2D eigenvalue weighted by atomic mass is 35.5. The van der Waals surface area contributed by atoms with Crippen molar-refractivity contribution in [1.82, 2.24) is 10.2 Å². The SMILES string of the molecule is CN(CCOc1cccc(CNC(=O)CCc2ccccc2Cl)c1)C1CCOCC1. The molecule has 1 aliphatic heterocycles. The summed E-state index contributed by atoms with van der Waals surface area (Å²) in [5, 5.41) is 3.68. The maximum atomic E-state index is 12.2. The maximum absolute atomic E-state index is 12.2. The van der Waals surface area contributed by atoms with Gasteiger partial charge in [0, 0.05) is 43.8 Å². The van der Waals surface area contributed by atoms with E-state index < -0.39 is 0 Å². The third-order valence-electron chi connectivity index (χ3n) is 5.49. The van der Waals surface area contributed by atoms with E-state index in [1.807, 2.05) is 48.5 Å². The Labute approximate surface area is 184 Å². The number of aryl methyl sites for hydroxylation is 1. The van der Waals surface area contributed by atoms with Crippen LogP contribution in [0.25, 0.3) is 0 Å². The lowest BCUT2D eigenvalue weighted by Crippen LogP contribution is -2.38. The molecule has 0 bridgehead atoms. The first-order valence-corrected chi connectivity index (χ1v) is 11.0. The number of benzene rings is 2. The third-order valence-corrected chi connectivity index (χ3v) is 5.86. The molecule has 1 saturated heterocycles. The van der Waals surface area contributed by atoms with Crippen molar-refractivity contribution >= 4 is 17.5 Å². The van der Waals surface area contributed by atoms with E-state index in [-0.39, 0.29) is 5.91 Å². The molecule has 0 unspecified atom stereocenters. The van der Waals surface area contributed by atoms with E-state index in [1.165, 1.54) is 0 Å². The van der Waals surface area contributed by atoms with Crippen molar-refractivity contribution in [2.75, 3.05) is 33.4 Å². The van der Waals surface area contributed by atoms with Crippen LogP contribution in [0.2, 0.25) is 5.02 Å². The number of nitrogens with zero attached hydrogens (tertiary/aromatic N) is 1. The first kappa shape index (κ1) is 22.6. The molecular weight excluding hydrogens is 400 g/mol. The van der Waals surface area contributed by atoms with Crippen LogP contribution in [-0.2, 0) is 22.5 Å². The van der Waals surface area contributed by atoms with E-state index in [1.54, 1.807) is 0 Å². The van der Waals surface area contributed by atoms with Crippen molar-refractivity contribution in [3.05, 3.63) is 64.7 Å². The van der Waals surface area contributed by atoms with E-state index >= 15 is 0 Å². The standard InChI is InChI=1S/C24H31ClN2O3/c1-27(21-11-14-29-15-12-21)13-16-30-22-7-4-5-19(17-22)18-26-24(28)10-9-20-6-2-3-8-23(20)25/h2-8,17,21H,9-16,18H2,1H3,(H,26,28). The molecule has 6 heteroatoms. The number of halogens is 1. The zero-order valence-corrected chi connectivity index (χ0v) is 18.4. The molecule has 5 nitrogen and oxygen atoms in total. The molecule has 2 aromatic carbocycles. The van der Waals surface area contributed by atoms with E-state index in [2.05, 4.69) is 17.3 Å². The van der Waals surface area contributed by atoms with Crippen LogP contribution in [0, 0.1) is 0 Å². The minimum atomic E-state index is 0.0133. The van der Waals surface area contributed by atoms with Crippen LogP contribution in [0.5, 0.6) is 5.75 Å². The highest BCUT2D eigenvalue weighted by Gasteiger charge is 2.18. The number of hydrogen-bond acceptors (Lipinski definition) is 4. The van der Waals surface area contributed by atoms with Gasteiger partial charge < -0.3 is 14.8 Å². The molecule has 0 saturated carbocycles. The number of carbonyl (C=O) groups is 1. The van der Waals surface area contributed by atoms with Crippen molar-refractivity contribution in [2.45, 2.75) is 38.3 Å². The Morgan fingerprint density at radius 3 is 2.80 bits per heavy atom. The number of carbonyl (C=O) groups excluding carboxylic acids is 1. The van der Waals surface area contributed by atoms with Crippen LogP contribution in [-0.4, -0.2) is 50.3 Å². The van der Waals surface area contributed by atoms with Crippen molar-refractivity contribution in [3.63, 3.8) is 0 Å². The first-order chi connectivity index (χ1) is 14.6. The fraction of sp³-hybridized carbons (Fsp3) is 0.458. The van der Waals surface area contributed by atoms with Crippen LogP contribution < -0.4 is 10.1 Å². The summed E-state index contributed by atoms with van der Waals surface area (Å²) in [6.07, 6.45) is 3.22. The zero-order chi connectivity index (χ0) is 21.2. The topological polar surface area (TPSA) is 50.8 Å². The lowest BCUT2D eigenvalue weighted by Gasteiger charge is -2.31. The number of rotatable bonds is 10. The van der Waals surface area contributed by atoms with Gasteiger partial charge in [0.15, 0.2) is 0 Å². The van der Waals surface area contributed by atoms with Gasteiger partial charge in [-0.3, -0.25) is 9.69 Å². The Balaban J connectivity index is 1.38. The fourth-order valence-corrected chi connectivity index (χ4v) is 3.83. The van der Waals surface area contributed by atoms with Gasteiger partial charge >= 0.3 is 0 Å². The van der Waals surface area contributed by atoms with Crippen molar-refractivity contribution in [3.8, 4) is 5.75 Å². The quantitative estimate of drug-likeness (QED) is 0.617. The maximum Gasteiger partial charge on any atom is 0.220 e. The molecular formula is C24H31ClN2O3. The van der Waals surface area contributed by atoms with Crippen LogP contribution >= 0.6 is 11.6 Å². The van der Waals surface area contributed by atoms with Crippen LogP contribution in [0.4, 0.5) is 0 Å². The molecule has 0 aromatic heterocycles. The lowest BCUT2D eigenvalue weighted by molar-refractivity contribution is -0.121. The molecule has 1 amide bonds. The summed E-state index contributed by atoms with van der Waals surface area (Å²) in [7, 11) is 2.15. The molecule has 0 atom stereocenters. The summed E-state index contributed by atoms with van der Waals surface area (Å²) in [4.78, 5) is 14.5. The normalized spacial score (nSPS) is 14.6. The second kappa shape index (κ2) is 11.9. The van der Waals surface area contributed by atoms with Gasteiger partial charge in [0.2, 0.25) is 5.91 Å². The summed E-state index contributed by atoms with van der Waals surface area (Å²) in [6, 6.07) is 16.1. The fourth-order valence-electron chi connectivity index (χ4n) is 3.60. The van der Waals surface area contributed by atoms with Crippen molar-refractivity contribution in [2.24, 2.45) is 0 Å². The summed E-state index contributed by atoms with van der Waals surface area (Å²) in [5.74, 6) is 0.845. The third kappa shape index (κ3) is 7.31. The van der Waals surface area contributed by atoms with Gasteiger partial charge in [-0.05, 0) is 55.6 Å². The molecule has 1 heterocycles. The highest BCUT2D eigenvalue weighted by Crippen LogP contribution is 2.17. The molecule has 1 N–H and O–H groups in total. The average molecular weight is 431 g/mol. The Hall–Kier alpha value is -2.08. The molecule has 0 spiro atoms. The predicted octanol–water partition coefficient (Wildman–Crippen LogP) is 4.08.